The third kappa shape index (κ3) is 2.60. The van der Waals surface area contributed by atoms with Crippen molar-refractivity contribution in [1.82, 2.24) is 15.2 Å². The number of hydrogen-bond acceptors (Lipinski definition) is 4. The van der Waals surface area contributed by atoms with Crippen molar-refractivity contribution in [2.75, 3.05) is 19.6 Å². The van der Waals surface area contributed by atoms with Crippen LogP contribution in [0.2, 0.25) is 0 Å². The van der Waals surface area contributed by atoms with E-state index in [0.29, 0.717) is 24.6 Å². The van der Waals surface area contributed by atoms with Gasteiger partial charge in [-0.1, -0.05) is 12.1 Å². The Morgan fingerprint density at radius 1 is 1.40 bits per heavy atom. The van der Waals surface area contributed by atoms with Crippen LogP contribution in [0.1, 0.15) is 6.42 Å². The predicted octanol–water partition coefficient (Wildman–Crippen LogP) is 0.320. The second-order valence-corrected chi connectivity index (χ2v) is 5.07. The molecule has 3 rings (SSSR count). The topological polar surface area (TPSA) is 76.3 Å². The lowest BCUT2D eigenvalue weighted by Crippen LogP contribution is -2.48. The Bertz CT molecular complexity index is 670. The molecule has 1 aromatic heterocycles. The van der Waals surface area contributed by atoms with E-state index in [1.165, 1.54) is 4.57 Å². The van der Waals surface area contributed by atoms with Gasteiger partial charge >= 0.3 is 5.76 Å². The van der Waals surface area contributed by atoms with E-state index in [4.69, 9.17) is 4.42 Å². The van der Waals surface area contributed by atoms with E-state index in [-0.39, 0.29) is 12.3 Å². The number of fused-ring (bicyclic) bond motifs is 1. The Hall–Kier alpha value is -2.08. The highest BCUT2D eigenvalue weighted by molar-refractivity contribution is 5.76. The van der Waals surface area contributed by atoms with Gasteiger partial charge in [0.1, 0.15) is 0 Å². The Balaban J connectivity index is 1.60. The maximum absolute atomic E-state index is 11.8. The van der Waals surface area contributed by atoms with Gasteiger partial charge in [-0.2, -0.15) is 0 Å². The van der Waals surface area contributed by atoms with Gasteiger partial charge in [0.15, 0.2) is 5.58 Å². The highest BCUT2D eigenvalue weighted by atomic mass is 16.4. The third-order valence-corrected chi connectivity index (χ3v) is 3.59. The summed E-state index contributed by atoms with van der Waals surface area (Å²) in [7, 11) is 0. The average Bonchev–Trinajstić information content (AvgIpc) is 2.70. The summed E-state index contributed by atoms with van der Waals surface area (Å²) in [6.07, 6.45) is 0.281. The molecule has 2 N–H and O–H groups in total. The molecule has 1 aliphatic heterocycles. The largest absolute Gasteiger partial charge is 0.419 e. The molecule has 0 atom stereocenters. The molecule has 1 aliphatic rings. The van der Waals surface area contributed by atoms with Crippen LogP contribution >= 0.6 is 0 Å². The summed E-state index contributed by atoms with van der Waals surface area (Å²) in [4.78, 5) is 23.5. The number of carbonyl (C=O) groups excluding carboxylic acids is 1. The second kappa shape index (κ2) is 5.50. The minimum Gasteiger partial charge on any atom is -0.408 e. The lowest BCUT2D eigenvalue weighted by Gasteiger charge is -2.27. The molecular weight excluding hydrogens is 258 g/mol. The van der Waals surface area contributed by atoms with Gasteiger partial charge in [-0.05, 0) is 12.1 Å². The van der Waals surface area contributed by atoms with Crippen molar-refractivity contribution in [3.63, 3.8) is 0 Å². The lowest BCUT2D eigenvalue weighted by molar-refractivity contribution is -0.121. The van der Waals surface area contributed by atoms with Crippen LogP contribution in [0.15, 0.2) is 33.5 Å². The van der Waals surface area contributed by atoms with Crippen LogP contribution in [0.25, 0.3) is 11.1 Å². The van der Waals surface area contributed by atoms with Crippen molar-refractivity contribution < 1.29 is 9.21 Å². The SMILES string of the molecule is O=C(CCn1c(=O)oc2ccccc21)NCC1CNC1. The molecule has 6 heteroatoms. The van der Waals surface area contributed by atoms with Gasteiger partial charge in [0.05, 0.1) is 5.52 Å². The summed E-state index contributed by atoms with van der Waals surface area (Å²) in [6.45, 7) is 2.97. The molecule has 1 aromatic carbocycles. The Morgan fingerprint density at radius 2 is 2.20 bits per heavy atom. The quantitative estimate of drug-likeness (QED) is 0.824. The molecule has 1 saturated heterocycles. The number of benzene rings is 1. The molecule has 6 nitrogen and oxygen atoms in total. The Morgan fingerprint density at radius 3 is 2.95 bits per heavy atom. The van der Waals surface area contributed by atoms with Gasteiger partial charge in [-0.25, -0.2) is 4.79 Å². The van der Waals surface area contributed by atoms with E-state index in [9.17, 15) is 9.59 Å². The molecule has 0 saturated carbocycles. The van der Waals surface area contributed by atoms with Crippen molar-refractivity contribution in [3.05, 3.63) is 34.8 Å². The van der Waals surface area contributed by atoms with Gasteiger partial charge in [0.2, 0.25) is 5.91 Å². The van der Waals surface area contributed by atoms with Crippen molar-refractivity contribution in [2.45, 2.75) is 13.0 Å². The van der Waals surface area contributed by atoms with Crippen LogP contribution < -0.4 is 16.4 Å². The minimum absolute atomic E-state index is 0.0333. The van der Waals surface area contributed by atoms with Crippen LogP contribution in [-0.4, -0.2) is 30.1 Å². The van der Waals surface area contributed by atoms with Crippen molar-refractivity contribution in [3.8, 4) is 0 Å². The van der Waals surface area contributed by atoms with Gasteiger partial charge in [0, 0.05) is 38.5 Å². The van der Waals surface area contributed by atoms with Crippen LogP contribution in [0.5, 0.6) is 0 Å². The third-order valence-electron chi connectivity index (χ3n) is 3.59. The summed E-state index contributed by atoms with van der Waals surface area (Å²) in [5.74, 6) is 0.0905. The van der Waals surface area contributed by atoms with Crippen LogP contribution in [-0.2, 0) is 11.3 Å². The molecule has 1 amide bonds. The van der Waals surface area contributed by atoms with Gasteiger partial charge in [-0.15, -0.1) is 0 Å². The molecule has 0 unspecified atom stereocenters. The lowest BCUT2D eigenvalue weighted by atomic mass is 10.0. The summed E-state index contributed by atoms with van der Waals surface area (Å²) >= 11 is 0. The minimum atomic E-state index is -0.415. The number of aryl methyl sites for hydroxylation is 1. The number of carbonyl (C=O) groups is 1. The first kappa shape index (κ1) is 12.9. The first-order valence-electron chi connectivity index (χ1n) is 6.80. The Kier molecular flexibility index (Phi) is 3.56. The molecule has 1 fully saturated rings. The number of rotatable bonds is 5. The molecule has 0 radical (unpaired) electrons. The maximum Gasteiger partial charge on any atom is 0.419 e. The van der Waals surface area contributed by atoms with Crippen LogP contribution in [0.4, 0.5) is 0 Å². The fourth-order valence-corrected chi connectivity index (χ4v) is 2.28. The summed E-state index contributed by atoms with van der Waals surface area (Å²) in [6, 6.07) is 7.22. The van der Waals surface area contributed by atoms with Crippen molar-refractivity contribution in [2.24, 2.45) is 5.92 Å². The molecule has 106 valence electrons. The molecule has 0 spiro atoms. The van der Waals surface area contributed by atoms with Crippen molar-refractivity contribution in [1.29, 1.82) is 0 Å². The van der Waals surface area contributed by atoms with E-state index in [1.807, 2.05) is 18.2 Å². The molecule has 0 bridgehead atoms. The summed E-state index contributed by atoms with van der Waals surface area (Å²) < 4.78 is 6.62. The number of nitrogens with one attached hydrogen (secondary N) is 2. The highest BCUT2D eigenvalue weighted by Crippen LogP contribution is 2.11. The molecule has 2 heterocycles. The van der Waals surface area contributed by atoms with Gasteiger partial charge < -0.3 is 15.1 Å². The summed E-state index contributed by atoms with van der Waals surface area (Å²) in [5, 5.41) is 6.05. The van der Waals surface area contributed by atoms with E-state index in [2.05, 4.69) is 10.6 Å². The number of hydrogen-bond donors (Lipinski definition) is 2. The zero-order chi connectivity index (χ0) is 13.9. The second-order valence-electron chi connectivity index (χ2n) is 5.07. The molecule has 20 heavy (non-hydrogen) atoms. The van der Waals surface area contributed by atoms with Gasteiger partial charge in [0.25, 0.3) is 0 Å². The average molecular weight is 275 g/mol. The standard InChI is InChI=1S/C14H17N3O3/c18-13(16-9-10-7-15-8-10)5-6-17-11-3-1-2-4-12(11)20-14(17)19/h1-4,10,15H,5-9H2,(H,16,18). The maximum atomic E-state index is 11.8. The first-order chi connectivity index (χ1) is 9.74. The van der Waals surface area contributed by atoms with E-state index < -0.39 is 5.76 Å². The first-order valence-corrected chi connectivity index (χ1v) is 6.80. The number of nitrogens with zero attached hydrogens (tertiary/aromatic N) is 1. The fourth-order valence-electron chi connectivity index (χ4n) is 2.28. The fraction of sp³-hybridized carbons (Fsp3) is 0.429. The monoisotopic (exact) mass is 275 g/mol. The molecular formula is C14H17N3O3. The van der Waals surface area contributed by atoms with Gasteiger partial charge in [-0.3, -0.25) is 9.36 Å². The van der Waals surface area contributed by atoms with E-state index >= 15 is 0 Å². The number of oxazole rings is 1. The molecule has 2 aromatic rings. The van der Waals surface area contributed by atoms with Crippen molar-refractivity contribution >= 4 is 17.0 Å². The molecule has 0 aliphatic carbocycles. The number of para-hydroxylation sites is 2. The smallest absolute Gasteiger partial charge is 0.408 e. The van der Waals surface area contributed by atoms with Crippen LogP contribution in [0.3, 0.4) is 0 Å². The summed E-state index contributed by atoms with van der Waals surface area (Å²) in [5.41, 5.74) is 1.28. The Labute approximate surface area is 115 Å². The number of aromatic nitrogens is 1. The number of amides is 1. The highest BCUT2D eigenvalue weighted by Gasteiger charge is 2.17. The predicted molar refractivity (Wildman–Crippen MR) is 74.5 cm³/mol. The van der Waals surface area contributed by atoms with E-state index in [1.54, 1.807) is 6.07 Å². The van der Waals surface area contributed by atoms with E-state index in [0.717, 1.165) is 18.6 Å². The zero-order valence-corrected chi connectivity index (χ0v) is 11.1. The van der Waals surface area contributed by atoms with Crippen LogP contribution in [0, 0.1) is 5.92 Å². The zero-order valence-electron chi connectivity index (χ0n) is 11.1. The normalized spacial score (nSPS) is 15.2.